The fourth-order valence-electron chi connectivity index (χ4n) is 5.10. The van der Waals surface area contributed by atoms with Crippen LogP contribution in [0.15, 0.2) is 42.5 Å². The standard InChI is InChI=1S/C28H37N3O6S/c1-4-24(28(33)29-22-10-5-6-11-22)30(18-21-9-7-8-20(2)16-21)27(32)19-31(38(3,34)35)23-12-13-25-26(17-23)37-15-14-36-25/h7-9,12-13,16-17,22,24H,4-6,10-11,14-15,18-19H2,1-3H3,(H,29,33)/t24-/m0/s1. The van der Waals surface area contributed by atoms with Gasteiger partial charge >= 0.3 is 0 Å². The summed E-state index contributed by atoms with van der Waals surface area (Å²) in [6.07, 6.45) is 5.48. The second-order valence-corrected chi connectivity index (χ2v) is 11.9. The number of anilines is 1. The second kappa shape index (κ2) is 12.1. The number of nitrogens with one attached hydrogen (secondary N) is 1. The molecule has 1 atom stereocenters. The first-order valence-corrected chi connectivity index (χ1v) is 15.0. The summed E-state index contributed by atoms with van der Waals surface area (Å²) in [5.74, 6) is 0.287. The van der Waals surface area contributed by atoms with E-state index in [-0.39, 0.29) is 18.5 Å². The molecular weight excluding hydrogens is 506 g/mol. The van der Waals surface area contributed by atoms with Gasteiger partial charge in [0.1, 0.15) is 25.8 Å². The van der Waals surface area contributed by atoms with Crippen molar-refractivity contribution in [3.8, 4) is 11.5 Å². The van der Waals surface area contributed by atoms with Crippen molar-refractivity contribution < 1.29 is 27.5 Å². The summed E-state index contributed by atoms with van der Waals surface area (Å²) < 4.78 is 38.0. The molecule has 0 unspecified atom stereocenters. The number of rotatable bonds is 10. The van der Waals surface area contributed by atoms with Gasteiger partial charge < -0.3 is 19.7 Å². The Hall–Kier alpha value is -3.27. The molecule has 4 rings (SSSR count). The molecule has 0 saturated heterocycles. The summed E-state index contributed by atoms with van der Waals surface area (Å²) in [6, 6.07) is 11.9. The van der Waals surface area contributed by atoms with E-state index >= 15 is 0 Å². The maximum absolute atomic E-state index is 13.9. The van der Waals surface area contributed by atoms with Gasteiger partial charge in [-0.2, -0.15) is 0 Å². The van der Waals surface area contributed by atoms with Crippen LogP contribution < -0.4 is 19.1 Å². The number of amides is 2. The van der Waals surface area contributed by atoms with Crippen LogP contribution in [0.4, 0.5) is 5.69 Å². The summed E-state index contributed by atoms with van der Waals surface area (Å²) in [6.45, 7) is 4.34. The normalized spacial score (nSPS) is 16.1. The molecule has 0 bridgehead atoms. The largest absolute Gasteiger partial charge is 0.486 e. The van der Waals surface area contributed by atoms with Crippen LogP contribution in [0.25, 0.3) is 0 Å². The van der Waals surface area contributed by atoms with Crippen LogP contribution in [0.2, 0.25) is 0 Å². The third-order valence-electron chi connectivity index (χ3n) is 7.02. The van der Waals surface area contributed by atoms with E-state index in [1.807, 2.05) is 38.1 Å². The Balaban J connectivity index is 1.63. The van der Waals surface area contributed by atoms with Gasteiger partial charge in [0.2, 0.25) is 21.8 Å². The number of benzene rings is 2. The Bertz CT molecular complexity index is 1260. The Kier molecular flexibility index (Phi) is 8.81. The molecule has 0 radical (unpaired) electrons. The molecule has 2 aliphatic rings. The van der Waals surface area contributed by atoms with Crippen molar-refractivity contribution in [2.75, 3.05) is 30.3 Å². The van der Waals surface area contributed by atoms with Crippen LogP contribution in [-0.4, -0.2) is 63.2 Å². The summed E-state index contributed by atoms with van der Waals surface area (Å²) in [4.78, 5) is 28.8. The summed E-state index contributed by atoms with van der Waals surface area (Å²) in [7, 11) is -3.84. The molecule has 1 saturated carbocycles. The number of carbonyl (C=O) groups is 2. The predicted molar refractivity (Wildman–Crippen MR) is 146 cm³/mol. The highest BCUT2D eigenvalue weighted by molar-refractivity contribution is 7.92. The smallest absolute Gasteiger partial charge is 0.244 e. The number of ether oxygens (including phenoxy) is 2. The van der Waals surface area contributed by atoms with Crippen molar-refractivity contribution in [3.63, 3.8) is 0 Å². The number of hydrogen-bond acceptors (Lipinski definition) is 6. The monoisotopic (exact) mass is 543 g/mol. The SMILES string of the molecule is CC[C@@H](C(=O)NC1CCCC1)N(Cc1cccc(C)c1)C(=O)CN(c1ccc2c(c1)OCCO2)S(C)(=O)=O. The molecule has 9 nitrogen and oxygen atoms in total. The van der Waals surface area contributed by atoms with Crippen LogP contribution in [0.1, 0.15) is 50.2 Å². The number of sulfonamides is 1. The minimum absolute atomic E-state index is 0.109. The number of nitrogens with zero attached hydrogens (tertiary/aromatic N) is 2. The van der Waals surface area contributed by atoms with Gasteiger partial charge in [-0.3, -0.25) is 13.9 Å². The maximum atomic E-state index is 13.9. The number of hydrogen-bond donors (Lipinski definition) is 1. The highest BCUT2D eigenvalue weighted by atomic mass is 32.2. The molecule has 2 amide bonds. The van der Waals surface area contributed by atoms with Crippen molar-refractivity contribution in [1.82, 2.24) is 10.2 Å². The third-order valence-corrected chi connectivity index (χ3v) is 8.16. The molecule has 1 fully saturated rings. The third kappa shape index (κ3) is 6.78. The molecular formula is C28H37N3O6S. The summed E-state index contributed by atoms with van der Waals surface area (Å²) in [5, 5.41) is 3.12. The van der Waals surface area contributed by atoms with E-state index in [1.54, 1.807) is 18.2 Å². The molecule has 2 aromatic rings. The van der Waals surface area contributed by atoms with Crippen LogP contribution in [0.3, 0.4) is 0 Å². The Labute approximate surface area is 225 Å². The molecule has 2 aromatic carbocycles. The molecule has 0 spiro atoms. The zero-order valence-corrected chi connectivity index (χ0v) is 23.1. The Morgan fingerprint density at radius 3 is 2.42 bits per heavy atom. The zero-order valence-electron chi connectivity index (χ0n) is 22.3. The average Bonchev–Trinajstić information content (AvgIpc) is 3.39. The molecule has 1 N–H and O–H groups in total. The van der Waals surface area contributed by atoms with Crippen molar-refractivity contribution in [1.29, 1.82) is 0 Å². The first kappa shape index (κ1) is 27.8. The van der Waals surface area contributed by atoms with E-state index in [9.17, 15) is 18.0 Å². The lowest BCUT2D eigenvalue weighted by molar-refractivity contribution is -0.140. The van der Waals surface area contributed by atoms with Crippen LogP contribution in [0.5, 0.6) is 11.5 Å². The minimum atomic E-state index is -3.84. The van der Waals surface area contributed by atoms with Crippen molar-refractivity contribution in [3.05, 3.63) is 53.6 Å². The lowest BCUT2D eigenvalue weighted by Crippen LogP contribution is -2.53. The Morgan fingerprint density at radius 2 is 1.76 bits per heavy atom. The fourth-order valence-corrected chi connectivity index (χ4v) is 5.94. The molecule has 1 aliphatic heterocycles. The summed E-state index contributed by atoms with van der Waals surface area (Å²) >= 11 is 0. The van der Waals surface area contributed by atoms with E-state index in [1.165, 1.54) is 4.90 Å². The Morgan fingerprint density at radius 1 is 1.05 bits per heavy atom. The van der Waals surface area contributed by atoms with Crippen LogP contribution >= 0.6 is 0 Å². The van der Waals surface area contributed by atoms with Crippen molar-refractivity contribution in [2.45, 2.75) is 64.6 Å². The molecule has 38 heavy (non-hydrogen) atoms. The van der Waals surface area contributed by atoms with Crippen molar-refractivity contribution in [2.24, 2.45) is 0 Å². The van der Waals surface area contributed by atoms with E-state index in [0.29, 0.717) is 36.8 Å². The number of carbonyl (C=O) groups excluding carboxylic acids is 2. The second-order valence-electron chi connectivity index (χ2n) is 10.0. The molecule has 0 aromatic heterocycles. The van der Waals surface area contributed by atoms with Gasteiger partial charge in [0.15, 0.2) is 11.5 Å². The lowest BCUT2D eigenvalue weighted by atomic mass is 10.1. The minimum Gasteiger partial charge on any atom is -0.486 e. The van der Waals surface area contributed by atoms with Gasteiger partial charge in [-0.25, -0.2) is 8.42 Å². The van der Waals surface area contributed by atoms with E-state index in [4.69, 9.17) is 9.47 Å². The quantitative estimate of drug-likeness (QED) is 0.493. The van der Waals surface area contributed by atoms with Crippen LogP contribution in [0, 0.1) is 6.92 Å². The van der Waals surface area contributed by atoms with Crippen LogP contribution in [-0.2, 0) is 26.2 Å². The first-order chi connectivity index (χ1) is 18.2. The van der Waals surface area contributed by atoms with Gasteiger partial charge in [0.05, 0.1) is 11.9 Å². The highest BCUT2D eigenvalue weighted by Crippen LogP contribution is 2.34. The van der Waals surface area contributed by atoms with Gasteiger partial charge in [-0.15, -0.1) is 0 Å². The maximum Gasteiger partial charge on any atom is 0.244 e. The van der Waals surface area contributed by atoms with E-state index in [2.05, 4.69) is 5.32 Å². The lowest BCUT2D eigenvalue weighted by Gasteiger charge is -2.33. The van der Waals surface area contributed by atoms with Gasteiger partial charge in [0.25, 0.3) is 0 Å². The molecule has 1 heterocycles. The highest BCUT2D eigenvalue weighted by Gasteiger charge is 2.33. The molecule has 1 aliphatic carbocycles. The van der Waals surface area contributed by atoms with Crippen molar-refractivity contribution >= 4 is 27.5 Å². The number of aryl methyl sites for hydroxylation is 1. The number of fused-ring (bicyclic) bond motifs is 1. The first-order valence-electron chi connectivity index (χ1n) is 13.2. The topological polar surface area (TPSA) is 105 Å². The fraction of sp³-hybridized carbons (Fsp3) is 0.500. The molecule has 206 valence electrons. The zero-order chi connectivity index (χ0) is 27.3. The van der Waals surface area contributed by atoms with E-state index < -0.39 is 28.5 Å². The average molecular weight is 544 g/mol. The predicted octanol–water partition coefficient (Wildman–Crippen LogP) is 3.40. The van der Waals surface area contributed by atoms with Gasteiger partial charge in [0, 0.05) is 18.7 Å². The molecule has 10 heteroatoms. The van der Waals surface area contributed by atoms with Gasteiger partial charge in [-0.05, 0) is 43.9 Å². The van der Waals surface area contributed by atoms with E-state index in [0.717, 1.165) is 47.4 Å². The van der Waals surface area contributed by atoms with Gasteiger partial charge in [-0.1, -0.05) is 49.6 Å². The summed E-state index contributed by atoms with van der Waals surface area (Å²) in [5.41, 5.74) is 2.20.